The summed E-state index contributed by atoms with van der Waals surface area (Å²) in [5.74, 6) is -0.269. The van der Waals surface area contributed by atoms with Crippen molar-refractivity contribution in [3.63, 3.8) is 0 Å². The number of carbonyl (C=O) groups is 1. The van der Waals surface area contributed by atoms with Crippen molar-refractivity contribution in [1.29, 1.82) is 5.26 Å². The highest BCUT2D eigenvalue weighted by molar-refractivity contribution is 5.96. The van der Waals surface area contributed by atoms with Gasteiger partial charge in [-0.25, -0.2) is 0 Å². The average molecular weight is 464 g/mol. The number of hydrogen-bond donors (Lipinski definition) is 1. The molecular weight excluding hydrogens is 441 g/mol. The van der Waals surface area contributed by atoms with Crippen LogP contribution in [0.25, 0.3) is 0 Å². The summed E-state index contributed by atoms with van der Waals surface area (Å²) in [6.45, 7) is 2.00. The van der Waals surface area contributed by atoms with E-state index in [1.54, 1.807) is 42.3 Å². The van der Waals surface area contributed by atoms with Crippen molar-refractivity contribution in [2.45, 2.75) is 31.5 Å². The molecule has 2 aromatic carbocycles. The van der Waals surface area contributed by atoms with E-state index in [4.69, 9.17) is 5.26 Å². The number of hydrogen-bond acceptors (Lipinski definition) is 4. The molecule has 2 heterocycles. The predicted octanol–water partition coefficient (Wildman–Crippen LogP) is 4.90. The van der Waals surface area contributed by atoms with Gasteiger partial charge >= 0.3 is 6.18 Å². The van der Waals surface area contributed by atoms with Crippen LogP contribution >= 0.6 is 0 Å². The third-order valence-electron chi connectivity index (χ3n) is 6.33. The summed E-state index contributed by atoms with van der Waals surface area (Å²) >= 11 is 0. The summed E-state index contributed by atoms with van der Waals surface area (Å²) in [6.07, 6.45) is -2.94. The van der Waals surface area contributed by atoms with Gasteiger partial charge in [0.2, 0.25) is 0 Å². The van der Waals surface area contributed by atoms with Gasteiger partial charge < -0.3 is 10.2 Å². The van der Waals surface area contributed by atoms with Gasteiger partial charge in [0.05, 0.1) is 23.9 Å². The highest BCUT2D eigenvalue weighted by atomic mass is 19.4. The molecule has 0 spiro atoms. The molecule has 0 saturated carbocycles. The zero-order valence-electron chi connectivity index (χ0n) is 18.6. The van der Waals surface area contributed by atoms with E-state index >= 15 is 0 Å². The lowest BCUT2D eigenvalue weighted by Crippen LogP contribution is -2.44. The van der Waals surface area contributed by atoms with E-state index in [1.807, 2.05) is 18.2 Å². The van der Waals surface area contributed by atoms with Gasteiger partial charge in [0.25, 0.3) is 5.91 Å². The number of nitrogens with zero attached hydrogens (tertiary/aromatic N) is 3. The fourth-order valence-corrected chi connectivity index (χ4v) is 4.42. The van der Waals surface area contributed by atoms with E-state index in [9.17, 15) is 18.0 Å². The lowest BCUT2D eigenvalue weighted by atomic mass is 9.78. The zero-order valence-corrected chi connectivity index (χ0v) is 18.6. The molecule has 0 aliphatic carbocycles. The lowest BCUT2D eigenvalue weighted by Gasteiger charge is -2.33. The van der Waals surface area contributed by atoms with E-state index in [-0.39, 0.29) is 43.1 Å². The SMILES string of the molecule is Cc1cc(N2CCC(c3cccc(C#N)c3)(C(F)(F)F)C2)ccc1C(=O)NCc1ccccn1. The van der Waals surface area contributed by atoms with Crippen LogP contribution in [0.5, 0.6) is 0 Å². The number of nitrogens with one attached hydrogen (secondary N) is 1. The molecule has 1 atom stereocenters. The van der Waals surface area contributed by atoms with Crippen LogP contribution in [0.2, 0.25) is 0 Å². The number of rotatable bonds is 5. The molecule has 1 amide bonds. The Morgan fingerprint density at radius 1 is 1.18 bits per heavy atom. The Hall–Kier alpha value is -3.86. The first-order chi connectivity index (χ1) is 16.2. The first kappa shape index (κ1) is 23.3. The number of alkyl halides is 3. The van der Waals surface area contributed by atoms with E-state index < -0.39 is 11.6 Å². The fraction of sp³-hybridized carbons (Fsp3) is 0.269. The van der Waals surface area contributed by atoms with Crippen LogP contribution in [-0.2, 0) is 12.0 Å². The lowest BCUT2D eigenvalue weighted by molar-refractivity contribution is -0.184. The molecule has 0 bridgehead atoms. The molecule has 34 heavy (non-hydrogen) atoms. The summed E-state index contributed by atoms with van der Waals surface area (Å²) in [5, 5.41) is 12.0. The monoisotopic (exact) mass is 464 g/mol. The van der Waals surface area contributed by atoms with E-state index in [1.165, 1.54) is 24.3 Å². The fourth-order valence-electron chi connectivity index (χ4n) is 4.42. The van der Waals surface area contributed by atoms with Crippen molar-refractivity contribution in [1.82, 2.24) is 10.3 Å². The van der Waals surface area contributed by atoms with Gasteiger partial charge in [-0.05, 0) is 66.9 Å². The number of aromatic nitrogens is 1. The molecule has 1 saturated heterocycles. The standard InChI is InChI=1S/C26H23F3N4O/c1-18-13-22(8-9-23(18)24(34)32-16-21-7-2-3-11-31-21)33-12-10-25(17-33,26(27,28)29)20-6-4-5-19(14-20)15-30/h2-9,11,13-14H,10,12,16-17H2,1H3,(H,32,34). The topological polar surface area (TPSA) is 69.0 Å². The number of halogens is 3. The first-order valence-electron chi connectivity index (χ1n) is 10.8. The number of carbonyl (C=O) groups excluding carboxylic acids is 1. The Morgan fingerprint density at radius 2 is 2.00 bits per heavy atom. The van der Waals surface area contributed by atoms with Gasteiger partial charge in [0, 0.05) is 30.5 Å². The molecule has 3 aromatic rings. The molecule has 174 valence electrons. The van der Waals surface area contributed by atoms with Crippen LogP contribution in [0.3, 0.4) is 0 Å². The molecule has 5 nitrogen and oxygen atoms in total. The molecule has 0 radical (unpaired) electrons. The van der Waals surface area contributed by atoms with E-state index in [0.29, 0.717) is 16.8 Å². The molecule has 4 rings (SSSR count). The normalized spacial score (nSPS) is 17.9. The molecule has 1 aliphatic rings. The van der Waals surface area contributed by atoms with Gasteiger partial charge in [0.1, 0.15) is 5.41 Å². The highest BCUT2D eigenvalue weighted by Crippen LogP contribution is 2.48. The number of anilines is 1. The quantitative estimate of drug-likeness (QED) is 0.583. The Labute approximate surface area is 195 Å². The maximum absolute atomic E-state index is 14.3. The summed E-state index contributed by atoms with van der Waals surface area (Å²) in [7, 11) is 0. The summed E-state index contributed by atoms with van der Waals surface area (Å²) in [6, 6.07) is 18.2. The van der Waals surface area contributed by atoms with E-state index in [0.717, 1.165) is 5.69 Å². The molecule has 8 heteroatoms. The molecular formula is C26H23F3N4O. The number of aryl methyl sites for hydroxylation is 1. The largest absolute Gasteiger partial charge is 0.400 e. The first-order valence-corrected chi connectivity index (χ1v) is 10.8. The third kappa shape index (κ3) is 4.46. The third-order valence-corrected chi connectivity index (χ3v) is 6.33. The van der Waals surface area contributed by atoms with Crippen molar-refractivity contribution < 1.29 is 18.0 Å². The zero-order chi connectivity index (χ0) is 24.3. The van der Waals surface area contributed by atoms with Crippen LogP contribution in [0.4, 0.5) is 18.9 Å². The van der Waals surface area contributed by atoms with Gasteiger partial charge in [-0.15, -0.1) is 0 Å². The molecule has 1 N–H and O–H groups in total. The number of nitriles is 1. The molecule has 1 unspecified atom stereocenters. The van der Waals surface area contributed by atoms with Crippen molar-refractivity contribution in [3.05, 3.63) is 94.8 Å². The molecule has 1 fully saturated rings. The van der Waals surface area contributed by atoms with Crippen molar-refractivity contribution >= 4 is 11.6 Å². The Bertz CT molecular complexity index is 1240. The minimum Gasteiger partial charge on any atom is -0.370 e. The van der Waals surface area contributed by atoms with Gasteiger partial charge in [-0.2, -0.15) is 18.4 Å². The Morgan fingerprint density at radius 3 is 2.68 bits per heavy atom. The van der Waals surface area contributed by atoms with Crippen molar-refractivity contribution in [3.8, 4) is 6.07 Å². The smallest absolute Gasteiger partial charge is 0.370 e. The molecule has 1 aromatic heterocycles. The van der Waals surface area contributed by atoms with Crippen LogP contribution in [0.15, 0.2) is 66.9 Å². The maximum Gasteiger partial charge on any atom is 0.400 e. The number of benzene rings is 2. The van der Waals surface area contributed by atoms with Gasteiger partial charge in [0.15, 0.2) is 0 Å². The number of pyridine rings is 1. The summed E-state index contributed by atoms with van der Waals surface area (Å²) < 4.78 is 43.0. The van der Waals surface area contributed by atoms with Gasteiger partial charge in [-0.3, -0.25) is 9.78 Å². The average Bonchev–Trinajstić information content (AvgIpc) is 3.30. The maximum atomic E-state index is 14.3. The highest BCUT2D eigenvalue weighted by Gasteiger charge is 2.59. The second-order valence-electron chi connectivity index (χ2n) is 8.45. The van der Waals surface area contributed by atoms with Crippen LogP contribution in [0, 0.1) is 18.3 Å². The Kier molecular flexibility index (Phi) is 6.29. The van der Waals surface area contributed by atoms with Crippen molar-refractivity contribution in [2.24, 2.45) is 0 Å². The minimum atomic E-state index is -4.48. The predicted molar refractivity (Wildman–Crippen MR) is 122 cm³/mol. The van der Waals surface area contributed by atoms with Gasteiger partial charge in [-0.1, -0.05) is 18.2 Å². The van der Waals surface area contributed by atoms with Crippen LogP contribution in [-0.4, -0.2) is 30.2 Å². The van der Waals surface area contributed by atoms with Crippen LogP contribution < -0.4 is 10.2 Å². The second-order valence-corrected chi connectivity index (χ2v) is 8.45. The summed E-state index contributed by atoms with van der Waals surface area (Å²) in [4.78, 5) is 18.5. The van der Waals surface area contributed by atoms with E-state index in [2.05, 4.69) is 10.3 Å². The van der Waals surface area contributed by atoms with Crippen LogP contribution in [0.1, 0.15) is 39.2 Å². The molecule has 1 aliphatic heterocycles. The number of amides is 1. The van der Waals surface area contributed by atoms with Crippen molar-refractivity contribution in [2.75, 3.05) is 18.0 Å². The Balaban J connectivity index is 1.54. The summed E-state index contributed by atoms with van der Waals surface area (Å²) in [5.41, 5.74) is 0.731. The second kappa shape index (κ2) is 9.18. The minimum absolute atomic E-state index is 0.101.